The molecule has 2 aliphatic heterocycles. The Kier molecular flexibility index (Phi) is 5.57. The topological polar surface area (TPSA) is 90.0 Å². The molecule has 2 heterocycles. The Morgan fingerprint density at radius 3 is 2.63 bits per heavy atom. The molecule has 1 aliphatic carbocycles. The van der Waals surface area contributed by atoms with Gasteiger partial charge in [-0.1, -0.05) is 38.8 Å². The van der Waals surface area contributed by atoms with Crippen molar-refractivity contribution in [3.63, 3.8) is 0 Å². The van der Waals surface area contributed by atoms with Crippen LogP contribution in [0, 0.1) is 5.92 Å². The summed E-state index contributed by atoms with van der Waals surface area (Å²) >= 11 is 0. The molecule has 0 radical (unpaired) electrons. The summed E-state index contributed by atoms with van der Waals surface area (Å²) in [4.78, 5) is 41.0. The van der Waals surface area contributed by atoms with Crippen molar-refractivity contribution in [2.75, 3.05) is 18.0 Å². The summed E-state index contributed by atoms with van der Waals surface area (Å²) in [6.07, 6.45) is 4.40. The number of carbonyl (C=O) groups is 3. The molecule has 1 aromatic carbocycles. The predicted octanol–water partition coefficient (Wildman–Crippen LogP) is 2.78. The Bertz CT molecular complexity index is 837. The van der Waals surface area contributed by atoms with Crippen LogP contribution in [0.1, 0.15) is 63.9 Å². The summed E-state index contributed by atoms with van der Waals surface area (Å²) in [7, 11) is 0. The molecule has 4 rings (SSSR count). The SMILES string of the molecule is CC(C)c1ccc(N2C(=O)N[C@H](CC(=O)N3CC[C@@]4(O)CCCC[C@H]4C3)C2=O)cc1. The summed E-state index contributed by atoms with van der Waals surface area (Å²) in [6, 6.07) is 6.03. The van der Waals surface area contributed by atoms with E-state index >= 15 is 0 Å². The number of carbonyl (C=O) groups excluding carboxylic acids is 3. The molecule has 1 saturated carbocycles. The lowest BCUT2D eigenvalue weighted by molar-refractivity contribution is -0.144. The van der Waals surface area contributed by atoms with Crippen molar-refractivity contribution in [1.82, 2.24) is 10.2 Å². The van der Waals surface area contributed by atoms with Gasteiger partial charge in [-0.15, -0.1) is 0 Å². The second-order valence-corrected chi connectivity index (χ2v) is 9.26. The number of amides is 4. The Balaban J connectivity index is 1.40. The minimum atomic E-state index is -0.845. The van der Waals surface area contributed by atoms with Gasteiger partial charge in [0.2, 0.25) is 5.91 Å². The first-order valence-electron chi connectivity index (χ1n) is 11.0. The summed E-state index contributed by atoms with van der Waals surface area (Å²) in [5.41, 5.74) is 0.998. The van der Waals surface area contributed by atoms with Gasteiger partial charge in [-0.05, 0) is 42.9 Å². The molecule has 0 unspecified atom stereocenters. The van der Waals surface area contributed by atoms with E-state index in [4.69, 9.17) is 0 Å². The van der Waals surface area contributed by atoms with Gasteiger partial charge in [-0.2, -0.15) is 0 Å². The van der Waals surface area contributed by atoms with Gasteiger partial charge in [0.1, 0.15) is 6.04 Å². The van der Waals surface area contributed by atoms with Crippen LogP contribution in [0.3, 0.4) is 0 Å². The third kappa shape index (κ3) is 3.83. The predicted molar refractivity (Wildman–Crippen MR) is 113 cm³/mol. The van der Waals surface area contributed by atoms with Crippen molar-refractivity contribution >= 4 is 23.5 Å². The minimum Gasteiger partial charge on any atom is -0.389 e. The molecule has 3 fully saturated rings. The largest absolute Gasteiger partial charge is 0.389 e. The van der Waals surface area contributed by atoms with Crippen LogP contribution < -0.4 is 10.2 Å². The number of anilines is 1. The summed E-state index contributed by atoms with van der Waals surface area (Å²) in [5.74, 6) is -0.0669. The van der Waals surface area contributed by atoms with Crippen LogP contribution in [0.5, 0.6) is 0 Å². The fourth-order valence-electron chi connectivity index (χ4n) is 5.02. The Morgan fingerprint density at radius 2 is 1.93 bits per heavy atom. The van der Waals surface area contributed by atoms with Gasteiger partial charge in [0, 0.05) is 19.0 Å². The molecule has 2 saturated heterocycles. The lowest BCUT2D eigenvalue weighted by Gasteiger charge is -2.47. The molecule has 3 aliphatic rings. The van der Waals surface area contributed by atoms with E-state index < -0.39 is 23.6 Å². The van der Waals surface area contributed by atoms with Crippen LogP contribution in [0.4, 0.5) is 10.5 Å². The van der Waals surface area contributed by atoms with Crippen molar-refractivity contribution in [3.05, 3.63) is 29.8 Å². The van der Waals surface area contributed by atoms with E-state index in [0.29, 0.717) is 31.1 Å². The molecule has 2 N–H and O–H groups in total. The number of piperidine rings is 1. The first-order valence-corrected chi connectivity index (χ1v) is 11.0. The smallest absolute Gasteiger partial charge is 0.329 e. The van der Waals surface area contributed by atoms with Crippen molar-refractivity contribution in [1.29, 1.82) is 0 Å². The molecular weight excluding hydrogens is 382 g/mol. The van der Waals surface area contributed by atoms with Gasteiger partial charge in [-0.3, -0.25) is 9.59 Å². The number of benzene rings is 1. The second-order valence-electron chi connectivity index (χ2n) is 9.26. The van der Waals surface area contributed by atoms with Crippen LogP contribution in [0.15, 0.2) is 24.3 Å². The van der Waals surface area contributed by atoms with Crippen molar-refractivity contribution in [3.8, 4) is 0 Å². The van der Waals surface area contributed by atoms with Gasteiger partial charge in [0.15, 0.2) is 0 Å². The van der Waals surface area contributed by atoms with Crippen LogP contribution in [-0.2, 0) is 9.59 Å². The Morgan fingerprint density at radius 1 is 1.20 bits per heavy atom. The highest BCUT2D eigenvalue weighted by molar-refractivity contribution is 6.22. The Labute approximate surface area is 177 Å². The molecule has 30 heavy (non-hydrogen) atoms. The number of aliphatic hydroxyl groups is 1. The standard InChI is InChI=1S/C23H31N3O4/c1-15(2)16-6-8-18(9-7-16)26-21(28)19(24-22(26)29)13-20(27)25-12-11-23(30)10-4-3-5-17(23)14-25/h6-9,15,17,19,30H,3-5,10-14H2,1-2H3,(H,24,29)/t17-,19+,23-/m0/s1. The zero-order chi connectivity index (χ0) is 21.5. The molecule has 162 valence electrons. The maximum Gasteiger partial charge on any atom is 0.329 e. The monoisotopic (exact) mass is 413 g/mol. The molecule has 0 aromatic heterocycles. The van der Waals surface area contributed by atoms with Crippen LogP contribution in [0.25, 0.3) is 0 Å². The van der Waals surface area contributed by atoms with Gasteiger partial charge >= 0.3 is 6.03 Å². The number of hydrogen-bond acceptors (Lipinski definition) is 4. The summed E-state index contributed by atoms with van der Waals surface area (Å²) in [6.45, 7) is 5.20. The lowest BCUT2D eigenvalue weighted by atomic mass is 9.71. The third-order valence-corrected chi connectivity index (χ3v) is 7.00. The molecule has 0 bridgehead atoms. The number of nitrogens with zero attached hydrogens (tertiary/aromatic N) is 2. The van der Waals surface area contributed by atoms with Crippen molar-refractivity contribution in [2.24, 2.45) is 5.92 Å². The molecule has 4 amide bonds. The molecule has 7 nitrogen and oxygen atoms in total. The van der Waals surface area contributed by atoms with E-state index in [-0.39, 0.29) is 18.2 Å². The van der Waals surface area contributed by atoms with Crippen molar-refractivity contribution in [2.45, 2.75) is 69.9 Å². The first-order chi connectivity index (χ1) is 14.3. The maximum absolute atomic E-state index is 12.9. The summed E-state index contributed by atoms with van der Waals surface area (Å²) < 4.78 is 0. The fourth-order valence-corrected chi connectivity index (χ4v) is 5.02. The quantitative estimate of drug-likeness (QED) is 0.743. The average molecular weight is 414 g/mol. The molecule has 0 spiro atoms. The number of urea groups is 1. The zero-order valence-electron chi connectivity index (χ0n) is 17.8. The average Bonchev–Trinajstić information content (AvgIpc) is 3.00. The van der Waals surface area contributed by atoms with E-state index in [1.807, 2.05) is 12.1 Å². The number of hydrogen-bond donors (Lipinski definition) is 2. The minimum absolute atomic E-state index is 0.0453. The third-order valence-electron chi connectivity index (χ3n) is 7.00. The number of likely N-dealkylation sites (tertiary alicyclic amines) is 1. The Hall–Kier alpha value is -2.41. The van der Waals surface area contributed by atoms with Gasteiger partial charge in [0.05, 0.1) is 17.7 Å². The van der Waals surface area contributed by atoms with Crippen LogP contribution in [-0.4, -0.2) is 52.6 Å². The summed E-state index contributed by atoms with van der Waals surface area (Å²) in [5, 5.41) is 13.5. The highest BCUT2D eigenvalue weighted by Gasteiger charge is 2.45. The van der Waals surface area contributed by atoms with Crippen LogP contribution in [0.2, 0.25) is 0 Å². The number of imide groups is 1. The van der Waals surface area contributed by atoms with Crippen molar-refractivity contribution < 1.29 is 19.5 Å². The van der Waals surface area contributed by atoms with E-state index in [1.165, 1.54) is 0 Å². The maximum atomic E-state index is 12.9. The first kappa shape index (κ1) is 20.8. The van der Waals surface area contributed by atoms with E-state index in [2.05, 4.69) is 19.2 Å². The van der Waals surface area contributed by atoms with E-state index in [1.54, 1.807) is 17.0 Å². The molecule has 1 aromatic rings. The number of nitrogens with one attached hydrogen (secondary N) is 1. The molecule has 7 heteroatoms. The van der Waals surface area contributed by atoms with Crippen LogP contribution >= 0.6 is 0 Å². The number of rotatable bonds is 4. The zero-order valence-corrected chi connectivity index (χ0v) is 17.8. The van der Waals surface area contributed by atoms with E-state index in [9.17, 15) is 19.5 Å². The molecule has 3 atom stereocenters. The van der Waals surface area contributed by atoms with E-state index in [0.717, 1.165) is 36.1 Å². The number of fused-ring (bicyclic) bond motifs is 1. The van der Waals surface area contributed by atoms with Gasteiger partial charge in [-0.25, -0.2) is 9.69 Å². The molecular formula is C23H31N3O4. The fraction of sp³-hybridized carbons (Fsp3) is 0.609. The lowest BCUT2D eigenvalue weighted by Crippen LogP contribution is -2.55. The van der Waals surface area contributed by atoms with Gasteiger partial charge in [0.25, 0.3) is 5.91 Å². The normalized spacial score (nSPS) is 29.2. The highest BCUT2D eigenvalue weighted by atomic mass is 16.3. The highest BCUT2D eigenvalue weighted by Crippen LogP contribution is 2.40. The second kappa shape index (κ2) is 8.02. The van der Waals surface area contributed by atoms with Gasteiger partial charge < -0.3 is 15.3 Å².